The van der Waals surface area contributed by atoms with Crippen LogP contribution < -0.4 is 5.32 Å². The van der Waals surface area contributed by atoms with E-state index in [2.05, 4.69) is 5.32 Å². The molecule has 1 aromatic carbocycles. The zero-order valence-electron chi connectivity index (χ0n) is 13.1. The lowest BCUT2D eigenvalue weighted by Crippen LogP contribution is -2.46. The molecule has 1 fully saturated rings. The summed E-state index contributed by atoms with van der Waals surface area (Å²) in [6, 6.07) is 7.81. The van der Waals surface area contributed by atoms with E-state index in [0.717, 1.165) is 36.8 Å². The molecule has 0 atom stereocenters. The van der Waals surface area contributed by atoms with Crippen LogP contribution in [0, 0.1) is 0 Å². The maximum absolute atomic E-state index is 12.1. The number of carbonyl (C=O) groups excluding carboxylic acids is 1. The van der Waals surface area contributed by atoms with Gasteiger partial charge in [-0.3, -0.25) is 0 Å². The van der Waals surface area contributed by atoms with Crippen LogP contribution in [0.2, 0.25) is 0 Å². The number of carbonyl (C=O) groups is 1. The van der Waals surface area contributed by atoms with Gasteiger partial charge in [0, 0.05) is 0 Å². The minimum Gasteiger partial charge on any atom is -0.444 e. The topological polar surface area (TPSA) is 58.6 Å². The summed E-state index contributed by atoms with van der Waals surface area (Å²) < 4.78 is 5.40. The van der Waals surface area contributed by atoms with Crippen LogP contribution in [0.4, 0.5) is 4.79 Å². The second-order valence-electron chi connectivity index (χ2n) is 6.77. The quantitative estimate of drug-likeness (QED) is 0.896. The van der Waals surface area contributed by atoms with E-state index < -0.39 is 5.60 Å². The number of ether oxygens (including phenoxy) is 1. The molecule has 4 nitrogen and oxygen atoms in total. The Morgan fingerprint density at radius 3 is 2.29 bits per heavy atom. The first-order valence-corrected chi connectivity index (χ1v) is 7.56. The Morgan fingerprint density at radius 2 is 1.81 bits per heavy atom. The zero-order chi connectivity index (χ0) is 15.5. The van der Waals surface area contributed by atoms with Crippen molar-refractivity contribution in [2.45, 2.75) is 64.2 Å². The van der Waals surface area contributed by atoms with Crippen LogP contribution in [0.25, 0.3) is 0 Å². The third kappa shape index (κ3) is 3.97. The van der Waals surface area contributed by atoms with Crippen molar-refractivity contribution >= 4 is 6.09 Å². The molecule has 4 heteroatoms. The van der Waals surface area contributed by atoms with Gasteiger partial charge in [0.15, 0.2) is 0 Å². The Kier molecular flexibility index (Phi) is 4.57. The van der Waals surface area contributed by atoms with Gasteiger partial charge >= 0.3 is 6.09 Å². The molecule has 1 saturated carbocycles. The smallest absolute Gasteiger partial charge is 0.408 e. The van der Waals surface area contributed by atoms with Gasteiger partial charge in [0.2, 0.25) is 0 Å². The third-order valence-electron chi connectivity index (χ3n) is 3.89. The molecule has 0 unspecified atom stereocenters. The fourth-order valence-corrected chi connectivity index (χ4v) is 2.89. The van der Waals surface area contributed by atoms with E-state index >= 15 is 0 Å². The number of nitrogens with one attached hydrogen (secondary N) is 1. The van der Waals surface area contributed by atoms with E-state index in [4.69, 9.17) is 9.84 Å². The maximum atomic E-state index is 12.1. The van der Waals surface area contributed by atoms with Crippen LogP contribution in [0.15, 0.2) is 24.3 Å². The first-order chi connectivity index (χ1) is 9.85. The molecule has 1 aliphatic carbocycles. The molecule has 0 heterocycles. The Bertz CT molecular complexity index is 482. The van der Waals surface area contributed by atoms with Gasteiger partial charge in [-0.15, -0.1) is 0 Å². The first-order valence-electron chi connectivity index (χ1n) is 7.56. The first kappa shape index (κ1) is 15.8. The number of benzene rings is 1. The van der Waals surface area contributed by atoms with Gasteiger partial charge in [0.25, 0.3) is 0 Å². The Hall–Kier alpha value is -1.55. The summed E-state index contributed by atoms with van der Waals surface area (Å²) in [6.07, 6.45) is 3.67. The number of rotatable bonds is 3. The van der Waals surface area contributed by atoms with Crippen molar-refractivity contribution in [2.75, 3.05) is 0 Å². The van der Waals surface area contributed by atoms with Gasteiger partial charge in [0.05, 0.1) is 12.1 Å². The summed E-state index contributed by atoms with van der Waals surface area (Å²) in [5.41, 5.74) is 1.13. The van der Waals surface area contributed by atoms with E-state index in [-0.39, 0.29) is 18.2 Å². The summed E-state index contributed by atoms with van der Waals surface area (Å²) >= 11 is 0. The number of alkyl carbamates (subject to hydrolysis) is 1. The van der Waals surface area contributed by atoms with E-state index in [0.29, 0.717) is 0 Å². The molecular formula is C17H25NO3. The van der Waals surface area contributed by atoms with E-state index in [1.54, 1.807) is 0 Å². The predicted molar refractivity (Wildman–Crippen MR) is 81.9 cm³/mol. The molecule has 1 amide bonds. The number of aliphatic hydroxyl groups is 1. The summed E-state index contributed by atoms with van der Waals surface area (Å²) in [4.78, 5) is 12.1. The molecule has 0 bridgehead atoms. The molecular weight excluding hydrogens is 266 g/mol. The Balaban J connectivity index is 2.18. The molecule has 1 aromatic rings. The van der Waals surface area contributed by atoms with Gasteiger partial charge in [-0.2, -0.15) is 0 Å². The summed E-state index contributed by atoms with van der Waals surface area (Å²) in [5, 5.41) is 12.2. The van der Waals surface area contributed by atoms with Crippen molar-refractivity contribution in [2.24, 2.45) is 0 Å². The van der Waals surface area contributed by atoms with Crippen molar-refractivity contribution in [3.63, 3.8) is 0 Å². The minimum atomic E-state index is -0.495. The van der Waals surface area contributed by atoms with Crippen molar-refractivity contribution in [1.29, 1.82) is 0 Å². The second-order valence-corrected chi connectivity index (χ2v) is 6.77. The second kappa shape index (κ2) is 6.06. The monoisotopic (exact) mass is 291 g/mol. The van der Waals surface area contributed by atoms with Crippen LogP contribution in [-0.2, 0) is 16.9 Å². The predicted octanol–water partition coefficient (Wildman–Crippen LogP) is 3.47. The number of aliphatic hydroxyl groups excluding tert-OH is 1. The van der Waals surface area contributed by atoms with Crippen LogP contribution in [0.1, 0.15) is 57.6 Å². The lowest BCUT2D eigenvalue weighted by Gasteiger charge is -2.32. The molecule has 1 aliphatic rings. The molecule has 0 spiro atoms. The highest BCUT2D eigenvalue weighted by Gasteiger charge is 2.38. The molecule has 21 heavy (non-hydrogen) atoms. The summed E-state index contributed by atoms with van der Waals surface area (Å²) in [7, 11) is 0. The van der Waals surface area contributed by atoms with Gasteiger partial charge in [-0.05, 0) is 44.7 Å². The van der Waals surface area contributed by atoms with E-state index in [9.17, 15) is 4.79 Å². The lowest BCUT2D eigenvalue weighted by molar-refractivity contribution is 0.0453. The van der Waals surface area contributed by atoms with Crippen LogP contribution >= 0.6 is 0 Å². The number of amides is 1. The molecule has 2 rings (SSSR count). The molecule has 0 saturated heterocycles. The maximum Gasteiger partial charge on any atom is 0.408 e. The highest BCUT2D eigenvalue weighted by Crippen LogP contribution is 2.39. The van der Waals surface area contributed by atoms with Gasteiger partial charge in [-0.1, -0.05) is 37.1 Å². The third-order valence-corrected chi connectivity index (χ3v) is 3.89. The van der Waals surface area contributed by atoms with E-state index in [1.807, 2.05) is 45.0 Å². The highest BCUT2D eigenvalue weighted by atomic mass is 16.6. The summed E-state index contributed by atoms with van der Waals surface area (Å²) in [5.74, 6) is 0. The van der Waals surface area contributed by atoms with Crippen LogP contribution in [-0.4, -0.2) is 16.8 Å². The van der Waals surface area contributed by atoms with Gasteiger partial charge in [0.1, 0.15) is 5.60 Å². The fourth-order valence-electron chi connectivity index (χ4n) is 2.89. The molecule has 116 valence electrons. The van der Waals surface area contributed by atoms with E-state index in [1.165, 1.54) is 0 Å². The van der Waals surface area contributed by atoms with Crippen LogP contribution in [0.3, 0.4) is 0 Å². The Labute approximate surface area is 126 Å². The largest absolute Gasteiger partial charge is 0.444 e. The molecule has 0 aliphatic heterocycles. The SMILES string of the molecule is CC(C)(C)OC(=O)NC1(c2ccc(CO)cc2)CCCC1. The lowest BCUT2D eigenvalue weighted by atomic mass is 9.88. The average molecular weight is 291 g/mol. The van der Waals surface area contributed by atoms with Gasteiger partial charge < -0.3 is 15.2 Å². The molecule has 0 radical (unpaired) electrons. The normalized spacial score (nSPS) is 17.5. The summed E-state index contributed by atoms with van der Waals surface area (Å²) in [6.45, 7) is 5.63. The Morgan fingerprint density at radius 1 is 1.24 bits per heavy atom. The van der Waals surface area contributed by atoms with Crippen molar-refractivity contribution < 1.29 is 14.6 Å². The van der Waals surface area contributed by atoms with Crippen molar-refractivity contribution in [1.82, 2.24) is 5.32 Å². The van der Waals surface area contributed by atoms with Crippen molar-refractivity contribution in [3.05, 3.63) is 35.4 Å². The molecule has 2 N–H and O–H groups in total. The highest BCUT2D eigenvalue weighted by molar-refractivity contribution is 5.69. The standard InChI is InChI=1S/C17H25NO3/c1-16(2,3)21-15(20)18-17(10-4-5-11-17)14-8-6-13(12-19)7-9-14/h6-9,19H,4-5,10-12H2,1-3H3,(H,18,20). The zero-order valence-corrected chi connectivity index (χ0v) is 13.1. The average Bonchev–Trinajstić information content (AvgIpc) is 2.86. The minimum absolute atomic E-state index is 0.0345. The van der Waals surface area contributed by atoms with Gasteiger partial charge in [-0.25, -0.2) is 4.79 Å². The number of hydrogen-bond acceptors (Lipinski definition) is 3. The molecule has 0 aromatic heterocycles. The van der Waals surface area contributed by atoms with Crippen LogP contribution in [0.5, 0.6) is 0 Å². The van der Waals surface area contributed by atoms with Crippen molar-refractivity contribution in [3.8, 4) is 0 Å². The number of hydrogen-bond donors (Lipinski definition) is 2. The fraction of sp³-hybridized carbons (Fsp3) is 0.588.